The van der Waals surface area contributed by atoms with E-state index >= 15 is 0 Å². The highest BCUT2D eigenvalue weighted by Gasteiger charge is 2.14. The molecule has 132 valence electrons. The van der Waals surface area contributed by atoms with Crippen LogP contribution in [0.4, 0.5) is 11.4 Å². The van der Waals surface area contributed by atoms with Gasteiger partial charge in [-0.1, -0.05) is 50.6 Å². The van der Waals surface area contributed by atoms with Crippen molar-refractivity contribution < 1.29 is 9.59 Å². The van der Waals surface area contributed by atoms with Gasteiger partial charge in [0.1, 0.15) is 6.42 Å². The highest BCUT2D eigenvalue weighted by Crippen LogP contribution is 2.23. The molecule has 0 aliphatic rings. The van der Waals surface area contributed by atoms with Gasteiger partial charge in [0.05, 0.1) is 0 Å². The summed E-state index contributed by atoms with van der Waals surface area (Å²) in [5.41, 5.74) is 4.79. The Kier molecular flexibility index (Phi) is 5.62. The molecule has 0 bridgehead atoms. The normalized spacial score (nSPS) is 11.1. The number of amides is 2. The Morgan fingerprint density at radius 3 is 2.04 bits per heavy atom. The monoisotopic (exact) mass is 338 g/mol. The van der Waals surface area contributed by atoms with Crippen molar-refractivity contribution in [3.63, 3.8) is 0 Å². The van der Waals surface area contributed by atoms with Crippen LogP contribution in [-0.4, -0.2) is 11.8 Å². The van der Waals surface area contributed by atoms with Crippen LogP contribution in [-0.2, 0) is 15.0 Å². The van der Waals surface area contributed by atoms with Crippen molar-refractivity contribution in [1.82, 2.24) is 0 Å². The second kappa shape index (κ2) is 7.51. The Morgan fingerprint density at radius 1 is 0.880 bits per heavy atom. The fourth-order valence-electron chi connectivity index (χ4n) is 2.55. The summed E-state index contributed by atoms with van der Waals surface area (Å²) in [6, 6.07) is 13.5. The zero-order valence-corrected chi connectivity index (χ0v) is 15.6. The van der Waals surface area contributed by atoms with Crippen LogP contribution in [0.3, 0.4) is 0 Å². The van der Waals surface area contributed by atoms with Crippen LogP contribution in [0.2, 0.25) is 0 Å². The first-order chi connectivity index (χ1) is 11.6. The quantitative estimate of drug-likeness (QED) is 0.802. The van der Waals surface area contributed by atoms with Crippen LogP contribution in [0.1, 0.15) is 43.9 Å². The van der Waals surface area contributed by atoms with Gasteiger partial charge in [0.2, 0.25) is 11.8 Å². The third-order valence-electron chi connectivity index (χ3n) is 4.01. The van der Waals surface area contributed by atoms with Gasteiger partial charge in [-0.15, -0.1) is 0 Å². The number of hydrogen-bond donors (Lipinski definition) is 2. The lowest BCUT2D eigenvalue weighted by Gasteiger charge is -2.19. The zero-order chi connectivity index (χ0) is 18.6. The van der Waals surface area contributed by atoms with Gasteiger partial charge in [0.15, 0.2) is 0 Å². The van der Waals surface area contributed by atoms with Crippen LogP contribution in [0.5, 0.6) is 0 Å². The molecule has 0 aromatic heterocycles. The smallest absolute Gasteiger partial charge is 0.233 e. The molecule has 0 atom stereocenters. The molecule has 2 aromatic carbocycles. The Hall–Kier alpha value is -2.62. The van der Waals surface area contributed by atoms with Crippen LogP contribution >= 0.6 is 0 Å². The van der Waals surface area contributed by atoms with Crippen LogP contribution < -0.4 is 10.6 Å². The fraction of sp³-hybridized carbons (Fsp3) is 0.333. The third kappa shape index (κ3) is 5.45. The molecule has 4 nitrogen and oxygen atoms in total. The first kappa shape index (κ1) is 18.7. The molecule has 0 saturated carbocycles. The van der Waals surface area contributed by atoms with Crippen molar-refractivity contribution in [3.8, 4) is 0 Å². The zero-order valence-electron chi connectivity index (χ0n) is 15.6. The largest absolute Gasteiger partial charge is 0.326 e. The third-order valence-corrected chi connectivity index (χ3v) is 4.01. The maximum Gasteiger partial charge on any atom is 0.233 e. The topological polar surface area (TPSA) is 58.2 Å². The summed E-state index contributed by atoms with van der Waals surface area (Å²) in [4.78, 5) is 24.1. The number of nitrogens with one attached hydrogen (secondary N) is 2. The Balaban J connectivity index is 1.92. The van der Waals surface area contributed by atoms with Gasteiger partial charge in [-0.3, -0.25) is 9.59 Å². The van der Waals surface area contributed by atoms with E-state index in [1.54, 1.807) is 0 Å². The van der Waals surface area contributed by atoms with Crippen molar-refractivity contribution >= 4 is 23.2 Å². The lowest BCUT2D eigenvalue weighted by molar-refractivity contribution is -0.123. The van der Waals surface area contributed by atoms with Gasteiger partial charge in [0.25, 0.3) is 0 Å². The lowest BCUT2D eigenvalue weighted by atomic mass is 9.87. The van der Waals surface area contributed by atoms with Gasteiger partial charge in [-0.05, 0) is 48.6 Å². The van der Waals surface area contributed by atoms with E-state index in [4.69, 9.17) is 0 Å². The van der Waals surface area contributed by atoms with Crippen LogP contribution in [0.25, 0.3) is 0 Å². The number of carbonyl (C=O) groups is 2. The van der Waals surface area contributed by atoms with Gasteiger partial charge < -0.3 is 10.6 Å². The molecule has 0 unspecified atom stereocenters. The van der Waals surface area contributed by atoms with Gasteiger partial charge in [-0.2, -0.15) is 0 Å². The van der Waals surface area contributed by atoms with Crippen molar-refractivity contribution in [3.05, 3.63) is 59.2 Å². The predicted molar refractivity (Wildman–Crippen MR) is 103 cm³/mol. The SMILES string of the molecule is Cc1ccc(NC(=O)CC(=O)Nc2ccc(C(C)(C)C)cc2)c(C)c1. The molecule has 2 rings (SSSR count). The minimum atomic E-state index is -0.328. The molecule has 4 heteroatoms. The van der Waals surface area contributed by atoms with E-state index in [2.05, 4.69) is 31.4 Å². The molecule has 0 fully saturated rings. The summed E-state index contributed by atoms with van der Waals surface area (Å²) in [5.74, 6) is -0.651. The molecule has 25 heavy (non-hydrogen) atoms. The van der Waals surface area contributed by atoms with E-state index in [-0.39, 0.29) is 23.7 Å². The van der Waals surface area contributed by atoms with Crippen molar-refractivity contribution in [2.75, 3.05) is 10.6 Å². The van der Waals surface area contributed by atoms with E-state index in [9.17, 15) is 9.59 Å². The minimum Gasteiger partial charge on any atom is -0.326 e. The van der Waals surface area contributed by atoms with E-state index in [0.29, 0.717) is 5.69 Å². The number of benzene rings is 2. The number of aryl methyl sites for hydroxylation is 2. The summed E-state index contributed by atoms with van der Waals surface area (Å²) in [6.45, 7) is 10.3. The molecule has 0 saturated heterocycles. The molecule has 0 aliphatic carbocycles. The maximum absolute atomic E-state index is 12.1. The number of carbonyl (C=O) groups excluding carboxylic acids is 2. The van der Waals surface area contributed by atoms with Crippen molar-refractivity contribution in [2.24, 2.45) is 0 Å². The highest BCUT2D eigenvalue weighted by atomic mass is 16.2. The summed E-state index contributed by atoms with van der Waals surface area (Å²) in [5, 5.41) is 5.54. The van der Waals surface area contributed by atoms with E-state index < -0.39 is 0 Å². The molecule has 0 aliphatic heterocycles. The number of anilines is 2. The van der Waals surface area contributed by atoms with Gasteiger partial charge in [-0.25, -0.2) is 0 Å². The average molecular weight is 338 g/mol. The molecular formula is C21H26N2O2. The first-order valence-electron chi connectivity index (χ1n) is 8.42. The summed E-state index contributed by atoms with van der Waals surface area (Å²) < 4.78 is 0. The van der Waals surface area contributed by atoms with Crippen molar-refractivity contribution in [2.45, 2.75) is 46.5 Å². The van der Waals surface area contributed by atoms with Gasteiger partial charge in [0, 0.05) is 11.4 Å². The number of rotatable bonds is 4. The molecule has 2 N–H and O–H groups in total. The first-order valence-corrected chi connectivity index (χ1v) is 8.42. The second-order valence-corrected chi connectivity index (χ2v) is 7.42. The molecule has 0 radical (unpaired) electrons. The Morgan fingerprint density at radius 2 is 1.48 bits per heavy atom. The lowest BCUT2D eigenvalue weighted by Crippen LogP contribution is -2.22. The summed E-state index contributed by atoms with van der Waals surface area (Å²) >= 11 is 0. The molecule has 0 spiro atoms. The fourth-order valence-corrected chi connectivity index (χ4v) is 2.55. The summed E-state index contributed by atoms with van der Waals surface area (Å²) in [6.07, 6.45) is -0.214. The number of hydrogen-bond acceptors (Lipinski definition) is 2. The predicted octanol–water partition coefficient (Wildman–Crippen LogP) is 4.57. The molecular weight excluding hydrogens is 312 g/mol. The second-order valence-electron chi connectivity index (χ2n) is 7.42. The minimum absolute atomic E-state index is 0.0638. The maximum atomic E-state index is 12.1. The molecule has 0 heterocycles. The Bertz CT molecular complexity index is 771. The highest BCUT2D eigenvalue weighted by molar-refractivity contribution is 6.08. The van der Waals surface area contributed by atoms with Crippen LogP contribution in [0.15, 0.2) is 42.5 Å². The Labute approximate surface area is 149 Å². The van der Waals surface area contributed by atoms with Crippen LogP contribution in [0, 0.1) is 13.8 Å². The molecule has 2 amide bonds. The van der Waals surface area contributed by atoms with Gasteiger partial charge >= 0.3 is 0 Å². The molecule has 2 aromatic rings. The van der Waals surface area contributed by atoms with Crippen molar-refractivity contribution in [1.29, 1.82) is 0 Å². The van der Waals surface area contributed by atoms with E-state index in [1.807, 2.05) is 56.3 Å². The summed E-state index contributed by atoms with van der Waals surface area (Å²) in [7, 11) is 0. The average Bonchev–Trinajstić information content (AvgIpc) is 2.49. The van der Waals surface area contributed by atoms with E-state index in [1.165, 1.54) is 5.56 Å². The van der Waals surface area contributed by atoms with E-state index in [0.717, 1.165) is 16.8 Å². The standard InChI is InChI=1S/C21H26N2O2/c1-14-6-11-18(15(2)12-14)23-20(25)13-19(24)22-17-9-7-16(8-10-17)21(3,4)5/h6-12H,13H2,1-5H3,(H,22,24)(H,23,25).